The highest BCUT2D eigenvalue weighted by Crippen LogP contribution is 2.40. The Hall–Kier alpha value is -1.55. The highest BCUT2D eigenvalue weighted by molar-refractivity contribution is 6.33. The number of hydrogen-bond acceptors (Lipinski definition) is 2. The highest BCUT2D eigenvalue weighted by atomic mass is 35.5. The van der Waals surface area contributed by atoms with Gasteiger partial charge in [0, 0.05) is 28.3 Å². The topological polar surface area (TPSA) is 35.2 Å². The van der Waals surface area contributed by atoms with Crippen LogP contribution in [0.4, 0.5) is 4.39 Å². The maximum atomic E-state index is 13.8. The first kappa shape index (κ1) is 15.8. The van der Waals surface area contributed by atoms with Gasteiger partial charge in [-0.25, -0.2) is 4.39 Å². The Labute approximate surface area is 133 Å². The molecule has 5 heteroatoms. The van der Waals surface area contributed by atoms with Crippen LogP contribution in [0.1, 0.15) is 5.56 Å². The summed E-state index contributed by atoms with van der Waals surface area (Å²) in [5, 5.41) is 0.558. The SMILES string of the molecule is Cl.NC[C@H]1C=Cc2cc(F)cc(-c3ccccc3Cl)c2O1. The van der Waals surface area contributed by atoms with Crippen molar-refractivity contribution in [3.8, 4) is 16.9 Å². The molecule has 1 aliphatic rings. The van der Waals surface area contributed by atoms with Crippen LogP contribution < -0.4 is 10.5 Å². The Morgan fingerprint density at radius 3 is 2.67 bits per heavy atom. The van der Waals surface area contributed by atoms with E-state index < -0.39 is 0 Å². The van der Waals surface area contributed by atoms with Crippen molar-refractivity contribution in [3.63, 3.8) is 0 Å². The zero-order valence-corrected chi connectivity index (χ0v) is 12.6. The zero-order chi connectivity index (χ0) is 14.1. The summed E-state index contributed by atoms with van der Waals surface area (Å²) in [5.74, 6) is 0.301. The Bertz CT molecular complexity index is 688. The van der Waals surface area contributed by atoms with E-state index in [1.165, 1.54) is 12.1 Å². The lowest BCUT2D eigenvalue weighted by Crippen LogP contribution is -2.26. The van der Waals surface area contributed by atoms with Crippen LogP contribution in [0.25, 0.3) is 17.2 Å². The Morgan fingerprint density at radius 1 is 1.19 bits per heavy atom. The van der Waals surface area contributed by atoms with Gasteiger partial charge >= 0.3 is 0 Å². The summed E-state index contributed by atoms with van der Waals surface area (Å²) in [6, 6.07) is 10.2. The molecular formula is C16H14Cl2FNO. The average molecular weight is 326 g/mol. The van der Waals surface area contributed by atoms with Crippen molar-refractivity contribution >= 4 is 30.1 Å². The minimum Gasteiger partial charge on any atom is -0.484 e. The fraction of sp³-hybridized carbons (Fsp3) is 0.125. The van der Waals surface area contributed by atoms with Crippen molar-refractivity contribution < 1.29 is 9.13 Å². The first-order chi connectivity index (χ1) is 9.69. The first-order valence-electron chi connectivity index (χ1n) is 6.32. The Kier molecular flexibility index (Phi) is 4.88. The molecule has 2 aromatic rings. The number of halogens is 3. The summed E-state index contributed by atoms with van der Waals surface area (Å²) in [5.41, 5.74) is 7.72. The standard InChI is InChI=1S/C16H13ClFNO.ClH/c17-15-4-2-1-3-13(15)14-8-11(18)7-10-5-6-12(9-19)20-16(10)14;/h1-8,12H,9,19H2;1H/t12-;/m1./s1. The first-order valence-corrected chi connectivity index (χ1v) is 6.70. The van der Waals surface area contributed by atoms with Gasteiger partial charge in [-0.2, -0.15) is 0 Å². The molecule has 0 bridgehead atoms. The number of hydrogen-bond donors (Lipinski definition) is 1. The third-order valence-corrected chi connectivity index (χ3v) is 3.57. The number of benzene rings is 2. The lowest BCUT2D eigenvalue weighted by Gasteiger charge is -2.23. The van der Waals surface area contributed by atoms with E-state index in [2.05, 4.69) is 0 Å². The van der Waals surface area contributed by atoms with Gasteiger partial charge in [0.15, 0.2) is 0 Å². The van der Waals surface area contributed by atoms with Gasteiger partial charge in [-0.15, -0.1) is 12.4 Å². The summed E-state index contributed by atoms with van der Waals surface area (Å²) in [4.78, 5) is 0. The second-order valence-electron chi connectivity index (χ2n) is 4.60. The lowest BCUT2D eigenvalue weighted by atomic mass is 9.99. The van der Waals surface area contributed by atoms with Crippen LogP contribution >= 0.6 is 24.0 Å². The summed E-state index contributed by atoms with van der Waals surface area (Å²) in [6.07, 6.45) is 3.46. The second kappa shape index (κ2) is 6.48. The maximum absolute atomic E-state index is 13.8. The molecule has 3 rings (SSSR count). The molecule has 0 aliphatic carbocycles. The van der Waals surface area contributed by atoms with Gasteiger partial charge in [0.25, 0.3) is 0 Å². The Morgan fingerprint density at radius 2 is 1.95 bits per heavy atom. The summed E-state index contributed by atoms with van der Waals surface area (Å²) >= 11 is 6.20. The third kappa shape index (κ3) is 3.05. The fourth-order valence-corrected chi connectivity index (χ4v) is 2.52. The van der Waals surface area contributed by atoms with Crippen molar-refractivity contribution in [1.82, 2.24) is 0 Å². The van der Waals surface area contributed by atoms with Crippen LogP contribution in [0.5, 0.6) is 5.75 Å². The quantitative estimate of drug-likeness (QED) is 0.893. The number of fused-ring (bicyclic) bond motifs is 1. The van der Waals surface area contributed by atoms with Gasteiger partial charge in [0.2, 0.25) is 0 Å². The van der Waals surface area contributed by atoms with E-state index in [9.17, 15) is 4.39 Å². The molecule has 0 saturated carbocycles. The molecule has 0 spiro atoms. The molecule has 1 heterocycles. The molecule has 1 aliphatic heterocycles. The molecule has 0 saturated heterocycles. The van der Waals surface area contributed by atoms with Crippen LogP contribution in [-0.4, -0.2) is 12.6 Å². The molecule has 0 aromatic heterocycles. The highest BCUT2D eigenvalue weighted by Gasteiger charge is 2.20. The van der Waals surface area contributed by atoms with E-state index in [0.29, 0.717) is 28.4 Å². The molecule has 0 unspecified atom stereocenters. The van der Waals surface area contributed by atoms with Crippen molar-refractivity contribution in [1.29, 1.82) is 0 Å². The molecule has 1 atom stereocenters. The van der Waals surface area contributed by atoms with Crippen LogP contribution in [-0.2, 0) is 0 Å². The lowest BCUT2D eigenvalue weighted by molar-refractivity contribution is 0.254. The fourth-order valence-electron chi connectivity index (χ4n) is 2.28. The predicted octanol–water partition coefficient (Wildman–Crippen LogP) is 4.30. The second-order valence-corrected chi connectivity index (χ2v) is 5.01. The monoisotopic (exact) mass is 325 g/mol. The van der Waals surface area contributed by atoms with Crippen molar-refractivity contribution in [2.24, 2.45) is 5.73 Å². The van der Waals surface area contributed by atoms with Crippen LogP contribution in [0.3, 0.4) is 0 Å². The van der Waals surface area contributed by atoms with Gasteiger partial charge in [-0.3, -0.25) is 0 Å². The van der Waals surface area contributed by atoms with Crippen molar-refractivity contribution in [2.75, 3.05) is 6.54 Å². The molecule has 0 fully saturated rings. The number of ether oxygens (including phenoxy) is 1. The molecule has 21 heavy (non-hydrogen) atoms. The minimum absolute atomic E-state index is 0. The van der Waals surface area contributed by atoms with E-state index in [0.717, 1.165) is 5.56 Å². The van der Waals surface area contributed by atoms with E-state index >= 15 is 0 Å². The smallest absolute Gasteiger partial charge is 0.135 e. The minimum atomic E-state index is -0.321. The van der Waals surface area contributed by atoms with Crippen LogP contribution in [0.2, 0.25) is 5.02 Å². The molecule has 110 valence electrons. The average Bonchev–Trinajstić information content (AvgIpc) is 2.46. The van der Waals surface area contributed by atoms with Gasteiger partial charge in [-0.05, 0) is 24.3 Å². The van der Waals surface area contributed by atoms with Gasteiger partial charge < -0.3 is 10.5 Å². The summed E-state index contributed by atoms with van der Waals surface area (Å²) in [6.45, 7) is 0.370. The van der Waals surface area contributed by atoms with E-state index in [-0.39, 0.29) is 24.3 Å². The molecule has 0 radical (unpaired) electrons. The van der Waals surface area contributed by atoms with Gasteiger partial charge in [0.05, 0.1) is 0 Å². The van der Waals surface area contributed by atoms with Crippen molar-refractivity contribution in [2.45, 2.75) is 6.10 Å². The third-order valence-electron chi connectivity index (χ3n) is 3.24. The van der Waals surface area contributed by atoms with Crippen LogP contribution in [0, 0.1) is 5.82 Å². The normalized spacial score (nSPS) is 15.9. The Balaban J connectivity index is 0.00000161. The largest absolute Gasteiger partial charge is 0.484 e. The molecule has 2 aromatic carbocycles. The van der Waals surface area contributed by atoms with E-state index in [4.69, 9.17) is 22.1 Å². The predicted molar refractivity (Wildman–Crippen MR) is 86.6 cm³/mol. The molecule has 2 nitrogen and oxygen atoms in total. The maximum Gasteiger partial charge on any atom is 0.135 e. The van der Waals surface area contributed by atoms with E-state index in [1.807, 2.05) is 30.4 Å². The van der Waals surface area contributed by atoms with Crippen molar-refractivity contribution in [3.05, 3.63) is 58.9 Å². The zero-order valence-electron chi connectivity index (χ0n) is 11.1. The molecule has 0 amide bonds. The van der Waals surface area contributed by atoms with Crippen LogP contribution in [0.15, 0.2) is 42.5 Å². The van der Waals surface area contributed by atoms with Gasteiger partial charge in [-0.1, -0.05) is 35.9 Å². The summed E-state index contributed by atoms with van der Waals surface area (Å²) < 4.78 is 19.6. The summed E-state index contributed by atoms with van der Waals surface area (Å²) in [7, 11) is 0. The molecule has 2 N–H and O–H groups in total. The molecular weight excluding hydrogens is 312 g/mol. The number of rotatable bonds is 2. The van der Waals surface area contributed by atoms with E-state index in [1.54, 1.807) is 6.07 Å². The number of nitrogens with two attached hydrogens (primary N) is 1. The van der Waals surface area contributed by atoms with Gasteiger partial charge in [0.1, 0.15) is 17.7 Å².